The standard InChI is InChI=1S/C12H20N2O/c1-9(2)15-12-6-5-10(4-3-7-13)8-11(12)14/h5-6,8-9H,3-4,7,13-14H2,1-2H3. The lowest BCUT2D eigenvalue weighted by molar-refractivity contribution is 0.244. The summed E-state index contributed by atoms with van der Waals surface area (Å²) in [6, 6.07) is 5.94. The minimum absolute atomic E-state index is 0.155. The summed E-state index contributed by atoms with van der Waals surface area (Å²) in [5.74, 6) is 0.765. The molecular weight excluding hydrogens is 188 g/mol. The molecule has 0 bridgehead atoms. The van der Waals surface area contributed by atoms with Gasteiger partial charge < -0.3 is 16.2 Å². The van der Waals surface area contributed by atoms with E-state index in [0.717, 1.165) is 18.6 Å². The molecule has 0 fully saturated rings. The molecule has 0 spiro atoms. The maximum absolute atomic E-state index is 5.89. The third kappa shape index (κ3) is 3.80. The number of hydrogen-bond donors (Lipinski definition) is 2. The summed E-state index contributed by atoms with van der Waals surface area (Å²) in [6.07, 6.45) is 2.12. The van der Waals surface area contributed by atoms with Crippen LogP contribution < -0.4 is 16.2 Å². The van der Waals surface area contributed by atoms with Gasteiger partial charge in [-0.3, -0.25) is 0 Å². The van der Waals surface area contributed by atoms with Gasteiger partial charge in [-0.15, -0.1) is 0 Å². The van der Waals surface area contributed by atoms with Crippen molar-refractivity contribution in [2.24, 2.45) is 5.73 Å². The molecule has 0 aliphatic rings. The minimum atomic E-state index is 0.155. The Bertz CT molecular complexity index is 310. The molecule has 4 N–H and O–H groups in total. The molecule has 0 heterocycles. The highest BCUT2D eigenvalue weighted by atomic mass is 16.5. The Labute approximate surface area is 91.4 Å². The van der Waals surface area contributed by atoms with Crippen molar-refractivity contribution in [2.45, 2.75) is 32.8 Å². The molecule has 3 nitrogen and oxygen atoms in total. The Kier molecular flexibility index (Phi) is 4.43. The van der Waals surface area contributed by atoms with Crippen LogP contribution in [0.15, 0.2) is 18.2 Å². The quantitative estimate of drug-likeness (QED) is 0.727. The van der Waals surface area contributed by atoms with Crippen molar-refractivity contribution in [2.75, 3.05) is 12.3 Å². The third-order valence-corrected chi connectivity index (χ3v) is 2.11. The van der Waals surface area contributed by atoms with E-state index in [1.165, 1.54) is 5.56 Å². The van der Waals surface area contributed by atoms with Crippen LogP contribution in [0.25, 0.3) is 0 Å². The monoisotopic (exact) mass is 208 g/mol. The smallest absolute Gasteiger partial charge is 0.142 e. The van der Waals surface area contributed by atoms with Gasteiger partial charge in [-0.1, -0.05) is 6.07 Å². The zero-order valence-corrected chi connectivity index (χ0v) is 9.49. The van der Waals surface area contributed by atoms with Gasteiger partial charge in [-0.05, 0) is 50.9 Å². The average molecular weight is 208 g/mol. The zero-order valence-electron chi connectivity index (χ0n) is 9.49. The molecule has 1 aromatic carbocycles. The van der Waals surface area contributed by atoms with Crippen LogP contribution in [0, 0.1) is 0 Å². The normalized spacial score (nSPS) is 10.7. The van der Waals surface area contributed by atoms with Crippen LogP contribution in [0.4, 0.5) is 5.69 Å². The highest BCUT2D eigenvalue weighted by molar-refractivity contribution is 5.54. The molecule has 3 heteroatoms. The molecule has 1 aromatic rings. The van der Waals surface area contributed by atoms with E-state index in [9.17, 15) is 0 Å². The summed E-state index contributed by atoms with van der Waals surface area (Å²) in [7, 11) is 0. The SMILES string of the molecule is CC(C)Oc1ccc(CCCN)cc1N. The molecule has 15 heavy (non-hydrogen) atoms. The van der Waals surface area contributed by atoms with Crippen molar-refractivity contribution in [3.8, 4) is 5.75 Å². The average Bonchev–Trinajstić information content (AvgIpc) is 2.18. The molecule has 0 radical (unpaired) electrons. The second-order valence-corrected chi connectivity index (χ2v) is 3.93. The first-order chi connectivity index (χ1) is 7.13. The van der Waals surface area contributed by atoms with Gasteiger partial charge in [0.05, 0.1) is 11.8 Å². The van der Waals surface area contributed by atoms with Gasteiger partial charge in [0.2, 0.25) is 0 Å². The molecule has 84 valence electrons. The topological polar surface area (TPSA) is 61.3 Å². The van der Waals surface area contributed by atoms with Crippen LogP contribution in [0.3, 0.4) is 0 Å². The number of hydrogen-bond acceptors (Lipinski definition) is 3. The number of nitrogen functional groups attached to an aromatic ring is 1. The predicted octanol–water partition coefficient (Wildman–Crippen LogP) is 1.95. The molecule has 0 atom stereocenters. The maximum Gasteiger partial charge on any atom is 0.142 e. The fraction of sp³-hybridized carbons (Fsp3) is 0.500. The van der Waals surface area contributed by atoms with Gasteiger partial charge in [0, 0.05) is 0 Å². The van der Waals surface area contributed by atoms with Crippen molar-refractivity contribution in [1.29, 1.82) is 0 Å². The second kappa shape index (κ2) is 5.61. The van der Waals surface area contributed by atoms with Crippen LogP contribution in [-0.2, 0) is 6.42 Å². The van der Waals surface area contributed by atoms with E-state index in [0.29, 0.717) is 12.2 Å². The molecule has 0 amide bonds. The summed E-state index contributed by atoms with van der Waals surface area (Å²) >= 11 is 0. The molecule has 0 saturated carbocycles. The minimum Gasteiger partial charge on any atom is -0.489 e. The lowest BCUT2D eigenvalue weighted by atomic mass is 10.1. The first-order valence-corrected chi connectivity index (χ1v) is 5.38. The van der Waals surface area contributed by atoms with E-state index in [-0.39, 0.29) is 6.10 Å². The van der Waals surface area contributed by atoms with Gasteiger partial charge >= 0.3 is 0 Å². The van der Waals surface area contributed by atoms with E-state index < -0.39 is 0 Å². The molecule has 0 unspecified atom stereocenters. The Balaban J connectivity index is 2.70. The van der Waals surface area contributed by atoms with Gasteiger partial charge in [0.1, 0.15) is 5.75 Å². The van der Waals surface area contributed by atoms with Crippen molar-refractivity contribution >= 4 is 5.69 Å². The van der Waals surface area contributed by atoms with Crippen molar-refractivity contribution in [3.63, 3.8) is 0 Å². The van der Waals surface area contributed by atoms with Crippen LogP contribution in [0.2, 0.25) is 0 Å². The molecule has 0 aliphatic carbocycles. The molecule has 0 aliphatic heterocycles. The number of aryl methyl sites for hydroxylation is 1. The van der Waals surface area contributed by atoms with Crippen molar-refractivity contribution in [1.82, 2.24) is 0 Å². The Morgan fingerprint density at radius 1 is 1.33 bits per heavy atom. The fourth-order valence-electron chi connectivity index (χ4n) is 1.42. The lowest BCUT2D eigenvalue weighted by Gasteiger charge is -2.12. The summed E-state index contributed by atoms with van der Waals surface area (Å²) in [4.78, 5) is 0. The fourth-order valence-corrected chi connectivity index (χ4v) is 1.42. The summed E-state index contributed by atoms with van der Waals surface area (Å²) in [5, 5.41) is 0. The Morgan fingerprint density at radius 2 is 2.07 bits per heavy atom. The van der Waals surface area contributed by atoms with Crippen molar-refractivity contribution < 1.29 is 4.74 Å². The summed E-state index contributed by atoms with van der Waals surface area (Å²) in [5.41, 5.74) is 13.3. The molecule has 1 rings (SSSR count). The van der Waals surface area contributed by atoms with E-state index in [1.807, 2.05) is 32.0 Å². The van der Waals surface area contributed by atoms with E-state index in [1.54, 1.807) is 0 Å². The molecule has 0 saturated heterocycles. The second-order valence-electron chi connectivity index (χ2n) is 3.93. The number of anilines is 1. The van der Waals surface area contributed by atoms with Gasteiger partial charge in [0.25, 0.3) is 0 Å². The van der Waals surface area contributed by atoms with E-state index in [2.05, 4.69) is 0 Å². The largest absolute Gasteiger partial charge is 0.489 e. The summed E-state index contributed by atoms with van der Waals surface area (Å²) in [6.45, 7) is 4.69. The Hall–Kier alpha value is -1.22. The van der Waals surface area contributed by atoms with Crippen LogP contribution in [-0.4, -0.2) is 12.6 Å². The number of ether oxygens (including phenoxy) is 1. The maximum atomic E-state index is 5.89. The van der Waals surface area contributed by atoms with Crippen LogP contribution in [0.5, 0.6) is 5.75 Å². The number of nitrogens with two attached hydrogens (primary N) is 2. The number of rotatable bonds is 5. The molecule has 0 aromatic heterocycles. The highest BCUT2D eigenvalue weighted by Crippen LogP contribution is 2.24. The third-order valence-electron chi connectivity index (χ3n) is 2.11. The van der Waals surface area contributed by atoms with E-state index >= 15 is 0 Å². The van der Waals surface area contributed by atoms with Crippen molar-refractivity contribution in [3.05, 3.63) is 23.8 Å². The lowest BCUT2D eigenvalue weighted by Crippen LogP contribution is -2.07. The highest BCUT2D eigenvalue weighted by Gasteiger charge is 2.03. The first kappa shape index (κ1) is 11.9. The van der Waals surface area contributed by atoms with Crippen LogP contribution in [0.1, 0.15) is 25.8 Å². The summed E-state index contributed by atoms with van der Waals surface area (Å²) < 4.78 is 5.55. The first-order valence-electron chi connectivity index (χ1n) is 5.38. The zero-order chi connectivity index (χ0) is 11.3. The van der Waals surface area contributed by atoms with Gasteiger partial charge in [-0.25, -0.2) is 0 Å². The van der Waals surface area contributed by atoms with Crippen LogP contribution >= 0.6 is 0 Å². The number of benzene rings is 1. The predicted molar refractivity (Wildman–Crippen MR) is 64.0 cm³/mol. The van der Waals surface area contributed by atoms with Gasteiger partial charge in [-0.2, -0.15) is 0 Å². The Morgan fingerprint density at radius 3 is 2.60 bits per heavy atom. The molecular formula is C12H20N2O. The van der Waals surface area contributed by atoms with Gasteiger partial charge in [0.15, 0.2) is 0 Å². The van der Waals surface area contributed by atoms with E-state index in [4.69, 9.17) is 16.2 Å².